The van der Waals surface area contributed by atoms with Gasteiger partial charge in [0.1, 0.15) is 29.6 Å². The van der Waals surface area contributed by atoms with Crippen LogP contribution >= 0.6 is 0 Å². The summed E-state index contributed by atoms with van der Waals surface area (Å²) >= 11 is 0. The number of rotatable bonds is 3. The minimum atomic E-state index is -0.0647. The molecule has 0 bridgehead atoms. The minimum absolute atomic E-state index is 0.0647. The lowest BCUT2D eigenvalue weighted by atomic mass is 9.82. The number of phenols is 1. The fourth-order valence-corrected chi connectivity index (χ4v) is 3.56. The van der Waals surface area contributed by atoms with Gasteiger partial charge in [0.15, 0.2) is 0 Å². The van der Waals surface area contributed by atoms with Crippen LogP contribution in [-0.4, -0.2) is 19.3 Å². The van der Waals surface area contributed by atoms with E-state index in [4.69, 9.17) is 14.2 Å². The van der Waals surface area contributed by atoms with Gasteiger partial charge in [0, 0.05) is 28.7 Å². The second-order valence-corrected chi connectivity index (χ2v) is 6.25. The van der Waals surface area contributed by atoms with Crippen molar-refractivity contribution in [3.05, 3.63) is 82.9 Å². The third-order valence-corrected chi connectivity index (χ3v) is 4.79. The number of hydrogen-bond donors (Lipinski definition) is 1. The fraction of sp³-hybridized carbons (Fsp3) is 0.182. The van der Waals surface area contributed by atoms with Crippen LogP contribution in [0.2, 0.25) is 0 Å². The number of para-hydroxylation sites is 1. The third-order valence-electron chi connectivity index (χ3n) is 4.79. The summed E-state index contributed by atoms with van der Waals surface area (Å²) < 4.78 is 17.2. The highest BCUT2D eigenvalue weighted by molar-refractivity contribution is 5.59. The van der Waals surface area contributed by atoms with Gasteiger partial charge in [-0.1, -0.05) is 30.3 Å². The number of aromatic hydroxyl groups is 1. The second-order valence-electron chi connectivity index (χ2n) is 6.25. The first kappa shape index (κ1) is 16.3. The Hall–Kier alpha value is -3.14. The van der Waals surface area contributed by atoms with Gasteiger partial charge >= 0.3 is 0 Å². The fourth-order valence-electron chi connectivity index (χ4n) is 3.56. The number of ether oxygens (including phenoxy) is 3. The molecule has 0 aliphatic carbocycles. The zero-order valence-corrected chi connectivity index (χ0v) is 14.7. The van der Waals surface area contributed by atoms with E-state index in [1.54, 1.807) is 26.4 Å². The van der Waals surface area contributed by atoms with Gasteiger partial charge in [-0.25, -0.2) is 0 Å². The molecule has 1 atom stereocenters. The zero-order chi connectivity index (χ0) is 18.1. The topological polar surface area (TPSA) is 47.9 Å². The van der Waals surface area contributed by atoms with Gasteiger partial charge in [0.05, 0.1) is 14.2 Å². The molecule has 4 rings (SSSR count). The van der Waals surface area contributed by atoms with E-state index >= 15 is 0 Å². The van der Waals surface area contributed by atoms with Crippen molar-refractivity contribution < 1.29 is 19.3 Å². The SMILES string of the molecule is COc1cc2c(c(OC)c1)C(c1ccc(O)cc1)c1ccccc1OC2. The van der Waals surface area contributed by atoms with Crippen molar-refractivity contribution in [3.63, 3.8) is 0 Å². The smallest absolute Gasteiger partial charge is 0.127 e. The molecule has 3 aromatic carbocycles. The van der Waals surface area contributed by atoms with Crippen molar-refractivity contribution in [2.45, 2.75) is 12.5 Å². The third kappa shape index (κ3) is 2.73. The molecular weight excluding hydrogens is 328 g/mol. The highest BCUT2D eigenvalue weighted by Gasteiger charge is 2.29. The lowest BCUT2D eigenvalue weighted by Crippen LogP contribution is -2.07. The highest BCUT2D eigenvalue weighted by atomic mass is 16.5. The van der Waals surface area contributed by atoms with Gasteiger partial charge in [0.2, 0.25) is 0 Å². The van der Waals surface area contributed by atoms with Crippen molar-refractivity contribution in [2.24, 2.45) is 0 Å². The van der Waals surface area contributed by atoms with Crippen molar-refractivity contribution >= 4 is 0 Å². The molecule has 0 spiro atoms. The Bertz CT molecular complexity index is 931. The van der Waals surface area contributed by atoms with E-state index < -0.39 is 0 Å². The number of fused-ring (bicyclic) bond motifs is 2. The summed E-state index contributed by atoms with van der Waals surface area (Å²) in [6, 6.07) is 19.2. The molecule has 132 valence electrons. The maximum Gasteiger partial charge on any atom is 0.127 e. The molecule has 0 saturated heterocycles. The Balaban J connectivity index is 2.00. The van der Waals surface area contributed by atoms with E-state index in [-0.39, 0.29) is 11.7 Å². The van der Waals surface area contributed by atoms with Crippen LogP contribution in [0.3, 0.4) is 0 Å². The van der Waals surface area contributed by atoms with Crippen LogP contribution in [0, 0.1) is 0 Å². The van der Waals surface area contributed by atoms with Crippen molar-refractivity contribution in [2.75, 3.05) is 14.2 Å². The summed E-state index contributed by atoms with van der Waals surface area (Å²) in [6.45, 7) is 0.439. The summed E-state index contributed by atoms with van der Waals surface area (Å²) in [5, 5.41) is 9.70. The quantitative estimate of drug-likeness (QED) is 0.758. The molecule has 4 heteroatoms. The Morgan fingerprint density at radius 3 is 2.46 bits per heavy atom. The average Bonchev–Trinajstić information content (AvgIpc) is 2.85. The Kier molecular flexibility index (Phi) is 4.17. The first-order valence-corrected chi connectivity index (χ1v) is 8.46. The van der Waals surface area contributed by atoms with Gasteiger partial charge in [-0.05, 0) is 29.8 Å². The maximum atomic E-state index is 9.70. The summed E-state index contributed by atoms with van der Waals surface area (Å²) in [6.07, 6.45) is 0. The minimum Gasteiger partial charge on any atom is -0.508 e. The molecule has 0 radical (unpaired) electrons. The lowest BCUT2D eigenvalue weighted by Gasteiger charge is -2.22. The van der Waals surface area contributed by atoms with Crippen molar-refractivity contribution in [1.82, 2.24) is 0 Å². The van der Waals surface area contributed by atoms with E-state index in [0.29, 0.717) is 6.61 Å². The molecule has 1 unspecified atom stereocenters. The first-order valence-electron chi connectivity index (χ1n) is 8.46. The van der Waals surface area contributed by atoms with Crippen molar-refractivity contribution in [1.29, 1.82) is 0 Å². The van der Waals surface area contributed by atoms with Crippen LogP contribution in [0.4, 0.5) is 0 Å². The van der Waals surface area contributed by atoms with Crippen LogP contribution in [0.5, 0.6) is 23.0 Å². The van der Waals surface area contributed by atoms with E-state index in [2.05, 4.69) is 6.07 Å². The standard InChI is InChI=1S/C22H20O4/c1-24-17-11-15-13-26-19-6-4-3-5-18(19)21(22(15)20(12-17)25-2)14-7-9-16(23)10-8-14/h3-12,21,23H,13H2,1-2H3. The molecule has 26 heavy (non-hydrogen) atoms. The normalized spacial score (nSPS) is 15.2. The second kappa shape index (κ2) is 6.64. The first-order chi connectivity index (χ1) is 12.7. The summed E-state index contributed by atoms with van der Waals surface area (Å²) in [4.78, 5) is 0. The van der Waals surface area contributed by atoms with Crippen LogP contribution in [0.1, 0.15) is 28.2 Å². The summed E-state index contributed by atoms with van der Waals surface area (Å²) in [7, 11) is 3.31. The van der Waals surface area contributed by atoms with Crippen LogP contribution in [-0.2, 0) is 6.61 Å². The van der Waals surface area contributed by atoms with Gasteiger partial charge < -0.3 is 19.3 Å². The molecule has 0 saturated carbocycles. The van der Waals surface area contributed by atoms with Gasteiger partial charge in [-0.15, -0.1) is 0 Å². The summed E-state index contributed by atoms with van der Waals surface area (Å²) in [5.41, 5.74) is 4.21. The van der Waals surface area contributed by atoms with E-state index in [0.717, 1.165) is 39.5 Å². The zero-order valence-electron chi connectivity index (χ0n) is 14.7. The van der Waals surface area contributed by atoms with Gasteiger partial charge in [0.25, 0.3) is 0 Å². The highest BCUT2D eigenvalue weighted by Crippen LogP contribution is 2.46. The molecule has 0 amide bonds. The lowest BCUT2D eigenvalue weighted by molar-refractivity contribution is 0.305. The molecule has 1 aliphatic heterocycles. The number of hydrogen-bond acceptors (Lipinski definition) is 4. The number of phenolic OH excluding ortho intramolecular Hbond substituents is 1. The van der Waals surface area contributed by atoms with Gasteiger partial charge in [-0.3, -0.25) is 0 Å². The summed E-state index contributed by atoms with van der Waals surface area (Å²) in [5.74, 6) is 2.53. The molecule has 1 heterocycles. The predicted molar refractivity (Wildman–Crippen MR) is 99.4 cm³/mol. The van der Waals surface area contributed by atoms with E-state index in [9.17, 15) is 5.11 Å². The van der Waals surface area contributed by atoms with Crippen molar-refractivity contribution in [3.8, 4) is 23.0 Å². The van der Waals surface area contributed by atoms with Crippen LogP contribution in [0.25, 0.3) is 0 Å². The monoisotopic (exact) mass is 348 g/mol. The molecule has 4 nitrogen and oxygen atoms in total. The average molecular weight is 348 g/mol. The Morgan fingerprint density at radius 1 is 0.962 bits per heavy atom. The van der Waals surface area contributed by atoms with Crippen LogP contribution < -0.4 is 14.2 Å². The van der Waals surface area contributed by atoms with Crippen LogP contribution in [0.15, 0.2) is 60.7 Å². The molecule has 0 fully saturated rings. The Labute approximate surface area is 152 Å². The molecule has 3 aromatic rings. The number of benzene rings is 3. The number of methoxy groups -OCH3 is 2. The largest absolute Gasteiger partial charge is 0.508 e. The van der Waals surface area contributed by atoms with Gasteiger partial charge in [-0.2, -0.15) is 0 Å². The molecule has 0 aromatic heterocycles. The molecular formula is C22H20O4. The van der Waals surface area contributed by atoms with E-state index in [1.165, 1.54) is 0 Å². The van der Waals surface area contributed by atoms with E-state index in [1.807, 2.05) is 42.5 Å². The molecule has 1 N–H and O–H groups in total. The Morgan fingerprint density at radius 2 is 1.73 bits per heavy atom. The predicted octanol–water partition coefficient (Wildman–Crippen LogP) is 4.48. The molecule has 1 aliphatic rings. The maximum absolute atomic E-state index is 9.70.